The highest BCUT2D eigenvalue weighted by molar-refractivity contribution is 5.95. The Morgan fingerprint density at radius 1 is 1.24 bits per heavy atom. The van der Waals surface area contributed by atoms with Crippen molar-refractivity contribution in [3.8, 4) is 0 Å². The lowest BCUT2D eigenvalue weighted by Crippen LogP contribution is -2.34. The topological polar surface area (TPSA) is 41.5 Å². The molecule has 0 spiro atoms. The van der Waals surface area contributed by atoms with E-state index < -0.39 is 0 Å². The minimum Gasteiger partial charge on any atom is -0.267 e. The number of carbonyl (C=O) groups excluding carboxylic acids is 1. The lowest BCUT2D eigenvalue weighted by atomic mass is 9.69. The highest BCUT2D eigenvalue weighted by Gasteiger charge is 2.51. The average molecular weight is 282 g/mol. The van der Waals surface area contributed by atoms with Crippen molar-refractivity contribution in [3.05, 3.63) is 48.0 Å². The molecule has 0 aliphatic heterocycles. The van der Waals surface area contributed by atoms with Crippen LogP contribution in [0.1, 0.15) is 37.6 Å². The van der Waals surface area contributed by atoms with E-state index in [4.69, 9.17) is 0 Å². The van der Waals surface area contributed by atoms with Crippen molar-refractivity contribution in [2.24, 2.45) is 28.3 Å². The van der Waals surface area contributed by atoms with Gasteiger partial charge in [-0.15, -0.1) is 0 Å². The molecule has 1 amide bonds. The molecule has 0 saturated heterocycles. The van der Waals surface area contributed by atoms with Crippen molar-refractivity contribution in [1.29, 1.82) is 0 Å². The van der Waals surface area contributed by atoms with Crippen molar-refractivity contribution in [3.63, 3.8) is 0 Å². The van der Waals surface area contributed by atoms with Gasteiger partial charge in [-0.05, 0) is 42.7 Å². The van der Waals surface area contributed by atoms with Crippen LogP contribution in [0.15, 0.2) is 47.6 Å². The third kappa shape index (κ3) is 2.41. The van der Waals surface area contributed by atoms with E-state index in [0.29, 0.717) is 23.3 Å². The van der Waals surface area contributed by atoms with Gasteiger partial charge >= 0.3 is 0 Å². The van der Waals surface area contributed by atoms with E-state index in [9.17, 15) is 4.79 Å². The van der Waals surface area contributed by atoms with Crippen molar-refractivity contribution in [2.45, 2.75) is 27.2 Å². The summed E-state index contributed by atoms with van der Waals surface area (Å²) in [7, 11) is 0. The van der Waals surface area contributed by atoms with Crippen LogP contribution in [0.5, 0.6) is 0 Å². The fourth-order valence-corrected chi connectivity index (χ4v) is 4.02. The zero-order valence-electron chi connectivity index (χ0n) is 12.8. The number of carbonyl (C=O) groups is 1. The molecule has 3 heteroatoms. The SMILES string of the molecule is C/C(=N/NC(=O)c1ccccc1)[C@@H]1[C@H]2C=C[C@@H](C2)C1(C)C. The second kappa shape index (κ2) is 5.14. The predicted molar refractivity (Wildman–Crippen MR) is 85.0 cm³/mol. The second-order valence-corrected chi connectivity index (χ2v) is 6.75. The van der Waals surface area contributed by atoms with Gasteiger partial charge in [0.15, 0.2) is 0 Å². The summed E-state index contributed by atoms with van der Waals surface area (Å²) in [5, 5.41) is 4.38. The van der Waals surface area contributed by atoms with E-state index in [1.165, 1.54) is 6.42 Å². The third-order valence-corrected chi connectivity index (χ3v) is 5.12. The zero-order valence-corrected chi connectivity index (χ0v) is 12.8. The number of allylic oxidation sites excluding steroid dienone is 2. The molecule has 1 fully saturated rings. The van der Waals surface area contributed by atoms with Crippen molar-refractivity contribution >= 4 is 11.6 Å². The minimum atomic E-state index is -0.147. The average Bonchev–Trinajstić information content (AvgIpc) is 3.04. The standard InChI is InChI=1S/C18H22N2O/c1-12(16-14-9-10-15(11-14)18(16,2)3)19-20-17(21)13-7-5-4-6-8-13/h4-10,14-16H,11H2,1-3H3,(H,20,21)/b19-12-/t14-,15-,16+/m0/s1. The number of nitrogens with one attached hydrogen (secondary N) is 1. The number of nitrogens with zero attached hydrogens (tertiary/aromatic N) is 1. The van der Waals surface area contributed by atoms with Gasteiger partial charge < -0.3 is 0 Å². The first-order valence-corrected chi connectivity index (χ1v) is 7.58. The predicted octanol–water partition coefficient (Wildman–Crippen LogP) is 3.64. The Balaban J connectivity index is 1.73. The summed E-state index contributed by atoms with van der Waals surface area (Å²) >= 11 is 0. The fraction of sp³-hybridized carbons (Fsp3) is 0.444. The molecule has 3 atom stereocenters. The van der Waals surface area contributed by atoms with E-state index in [1.54, 1.807) is 12.1 Å². The quantitative estimate of drug-likeness (QED) is 0.513. The number of amides is 1. The third-order valence-electron chi connectivity index (χ3n) is 5.12. The highest BCUT2D eigenvalue weighted by Crippen LogP contribution is 2.56. The number of fused-ring (bicyclic) bond motifs is 2. The molecular formula is C18H22N2O. The van der Waals surface area contributed by atoms with E-state index in [0.717, 1.165) is 5.71 Å². The summed E-state index contributed by atoms with van der Waals surface area (Å²) in [5.74, 6) is 1.49. The molecule has 0 heterocycles. The molecule has 0 radical (unpaired) electrons. The van der Waals surface area contributed by atoms with Crippen LogP contribution in [-0.2, 0) is 0 Å². The summed E-state index contributed by atoms with van der Waals surface area (Å²) in [6.45, 7) is 6.65. The molecule has 3 nitrogen and oxygen atoms in total. The number of hydrazone groups is 1. The lowest BCUT2D eigenvalue weighted by molar-refractivity contribution is 0.0954. The van der Waals surface area contributed by atoms with Gasteiger partial charge in [-0.3, -0.25) is 4.79 Å². The first-order valence-electron chi connectivity index (χ1n) is 7.58. The van der Waals surface area contributed by atoms with Gasteiger partial charge in [0.2, 0.25) is 0 Å². The van der Waals surface area contributed by atoms with Crippen LogP contribution >= 0.6 is 0 Å². The zero-order chi connectivity index (χ0) is 15.0. The molecule has 0 aromatic heterocycles. The van der Waals surface area contributed by atoms with Crippen LogP contribution in [0.25, 0.3) is 0 Å². The Bertz CT molecular complexity index is 601. The van der Waals surface area contributed by atoms with Crippen molar-refractivity contribution < 1.29 is 4.79 Å². The number of hydrogen-bond acceptors (Lipinski definition) is 2. The van der Waals surface area contributed by atoms with Crippen molar-refractivity contribution in [1.82, 2.24) is 5.43 Å². The molecular weight excluding hydrogens is 260 g/mol. The molecule has 2 aliphatic carbocycles. The van der Waals surface area contributed by atoms with E-state index in [-0.39, 0.29) is 11.3 Å². The van der Waals surface area contributed by atoms with Gasteiger partial charge in [-0.2, -0.15) is 5.10 Å². The molecule has 21 heavy (non-hydrogen) atoms. The van der Waals surface area contributed by atoms with Crippen LogP contribution in [0.2, 0.25) is 0 Å². The van der Waals surface area contributed by atoms with Gasteiger partial charge in [-0.25, -0.2) is 5.43 Å². The van der Waals surface area contributed by atoms with E-state index >= 15 is 0 Å². The summed E-state index contributed by atoms with van der Waals surface area (Å²) in [5.41, 5.74) is 4.59. The molecule has 110 valence electrons. The Morgan fingerprint density at radius 3 is 2.57 bits per heavy atom. The molecule has 3 rings (SSSR count). The Labute approximate surface area is 126 Å². The maximum atomic E-state index is 12.1. The van der Waals surface area contributed by atoms with Gasteiger partial charge in [0, 0.05) is 17.2 Å². The van der Waals surface area contributed by atoms with Gasteiger partial charge in [0.25, 0.3) is 5.91 Å². The summed E-state index contributed by atoms with van der Waals surface area (Å²) in [6.07, 6.45) is 5.88. The molecule has 1 aromatic carbocycles. The normalized spacial score (nSPS) is 29.7. The summed E-state index contributed by atoms with van der Waals surface area (Å²) in [6, 6.07) is 9.20. The molecule has 1 N–H and O–H groups in total. The fourth-order valence-electron chi connectivity index (χ4n) is 4.02. The minimum absolute atomic E-state index is 0.147. The first kappa shape index (κ1) is 14.1. The largest absolute Gasteiger partial charge is 0.271 e. The van der Waals surface area contributed by atoms with Crippen molar-refractivity contribution in [2.75, 3.05) is 0 Å². The van der Waals surface area contributed by atoms with Crippen LogP contribution in [0.4, 0.5) is 0 Å². The second-order valence-electron chi connectivity index (χ2n) is 6.75. The maximum Gasteiger partial charge on any atom is 0.271 e. The monoisotopic (exact) mass is 282 g/mol. The maximum absolute atomic E-state index is 12.1. The molecule has 1 saturated carbocycles. The molecule has 0 unspecified atom stereocenters. The van der Waals surface area contributed by atoms with Crippen LogP contribution in [-0.4, -0.2) is 11.6 Å². The summed E-state index contributed by atoms with van der Waals surface area (Å²) < 4.78 is 0. The van der Waals surface area contributed by atoms with E-state index in [2.05, 4.69) is 36.5 Å². The lowest BCUT2D eigenvalue weighted by Gasteiger charge is -2.35. The smallest absolute Gasteiger partial charge is 0.267 e. The van der Waals surface area contributed by atoms with Gasteiger partial charge in [0.1, 0.15) is 0 Å². The van der Waals surface area contributed by atoms with Crippen LogP contribution < -0.4 is 5.43 Å². The van der Waals surface area contributed by atoms with Gasteiger partial charge in [0.05, 0.1) is 0 Å². The molecule has 2 bridgehead atoms. The van der Waals surface area contributed by atoms with Crippen LogP contribution in [0, 0.1) is 23.2 Å². The Hall–Kier alpha value is -1.90. The Kier molecular flexibility index (Phi) is 3.44. The number of benzene rings is 1. The van der Waals surface area contributed by atoms with Crippen LogP contribution in [0.3, 0.4) is 0 Å². The number of rotatable bonds is 3. The van der Waals surface area contributed by atoms with E-state index in [1.807, 2.05) is 25.1 Å². The Morgan fingerprint density at radius 2 is 1.95 bits per heavy atom. The highest BCUT2D eigenvalue weighted by atomic mass is 16.2. The molecule has 1 aromatic rings. The van der Waals surface area contributed by atoms with Gasteiger partial charge in [-0.1, -0.05) is 44.2 Å². The first-order chi connectivity index (χ1) is 10.00. The molecule has 2 aliphatic rings. The summed E-state index contributed by atoms with van der Waals surface area (Å²) in [4.78, 5) is 12.1. The number of hydrogen-bond donors (Lipinski definition) is 1.